The van der Waals surface area contributed by atoms with Gasteiger partial charge in [0.25, 0.3) is 0 Å². The maximum absolute atomic E-state index is 6.08. The minimum Gasteiger partial charge on any atom is -0.378 e. The lowest BCUT2D eigenvalue weighted by Gasteiger charge is -2.14. The van der Waals surface area contributed by atoms with Crippen molar-refractivity contribution >= 4 is 17.3 Å². The first-order valence-electron chi connectivity index (χ1n) is 9.62. The van der Waals surface area contributed by atoms with Crippen molar-refractivity contribution in [2.24, 2.45) is 0 Å². The van der Waals surface area contributed by atoms with Crippen molar-refractivity contribution in [3.8, 4) is 33.6 Å². The van der Waals surface area contributed by atoms with Crippen LogP contribution < -0.4 is 4.90 Å². The summed E-state index contributed by atoms with van der Waals surface area (Å²) >= 11 is 6.08. The van der Waals surface area contributed by atoms with E-state index in [2.05, 4.69) is 86.6 Å². The highest BCUT2D eigenvalue weighted by molar-refractivity contribution is 6.30. The Bertz CT molecular complexity index is 1050. The Labute approximate surface area is 177 Å². The van der Waals surface area contributed by atoms with Crippen LogP contribution in [0.2, 0.25) is 5.02 Å². The Morgan fingerprint density at radius 2 is 1.10 bits per heavy atom. The molecule has 1 heterocycles. The molecular weight excluding hydrogens is 376 g/mol. The van der Waals surface area contributed by atoms with Gasteiger partial charge in [-0.25, -0.2) is 4.98 Å². The van der Waals surface area contributed by atoms with Gasteiger partial charge in [0.05, 0.1) is 11.4 Å². The summed E-state index contributed by atoms with van der Waals surface area (Å²) in [6, 6.07) is 29.3. The topological polar surface area (TPSA) is 16.1 Å². The number of benzene rings is 3. The third kappa shape index (κ3) is 4.33. The van der Waals surface area contributed by atoms with Crippen molar-refractivity contribution in [1.29, 1.82) is 0 Å². The lowest BCUT2D eigenvalue weighted by molar-refractivity contribution is 1.13. The van der Waals surface area contributed by atoms with E-state index in [1.807, 2.05) is 24.3 Å². The summed E-state index contributed by atoms with van der Waals surface area (Å²) < 4.78 is 0. The Kier molecular flexibility index (Phi) is 5.37. The normalized spacial score (nSPS) is 10.8. The van der Waals surface area contributed by atoms with E-state index in [-0.39, 0.29) is 0 Å². The standard InChI is InChI=1S/C26H23ClN2/c1-18-4-6-20(7-5-18)25-16-22(19-10-14-24(15-11-19)29(2)3)17-26(28-25)21-8-12-23(27)13-9-21/h4-17H,1-3H3. The minimum atomic E-state index is 0.725. The maximum Gasteiger partial charge on any atom is 0.0715 e. The first-order valence-corrected chi connectivity index (χ1v) is 10.0. The minimum absolute atomic E-state index is 0.725. The molecule has 144 valence electrons. The van der Waals surface area contributed by atoms with Crippen molar-refractivity contribution in [3.05, 3.63) is 95.5 Å². The first kappa shape index (κ1) is 19.2. The van der Waals surface area contributed by atoms with Crippen LogP contribution in [0, 0.1) is 6.92 Å². The van der Waals surface area contributed by atoms with E-state index in [9.17, 15) is 0 Å². The van der Waals surface area contributed by atoms with E-state index in [1.54, 1.807) is 0 Å². The Morgan fingerprint density at radius 1 is 0.621 bits per heavy atom. The number of aryl methyl sites for hydroxylation is 1. The molecule has 0 spiro atoms. The molecule has 0 unspecified atom stereocenters. The average Bonchev–Trinajstić information content (AvgIpc) is 2.74. The molecule has 0 saturated heterocycles. The molecule has 4 rings (SSSR count). The van der Waals surface area contributed by atoms with Crippen LogP contribution in [0.1, 0.15) is 5.56 Å². The molecule has 0 atom stereocenters. The van der Waals surface area contributed by atoms with Crippen LogP contribution >= 0.6 is 11.6 Å². The smallest absolute Gasteiger partial charge is 0.0715 e. The molecule has 0 bridgehead atoms. The van der Waals surface area contributed by atoms with E-state index in [0.717, 1.165) is 33.1 Å². The van der Waals surface area contributed by atoms with Crippen molar-refractivity contribution in [1.82, 2.24) is 4.98 Å². The van der Waals surface area contributed by atoms with E-state index in [4.69, 9.17) is 16.6 Å². The zero-order valence-electron chi connectivity index (χ0n) is 16.9. The second-order valence-electron chi connectivity index (χ2n) is 7.44. The van der Waals surface area contributed by atoms with Crippen LogP contribution in [-0.4, -0.2) is 19.1 Å². The van der Waals surface area contributed by atoms with E-state index in [0.29, 0.717) is 0 Å². The molecule has 0 N–H and O–H groups in total. The lowest BCUT2D eigenvalue weighted by atomic mass is 9.99. The molecule has 0 saturated carbocycles. The fraction of sp³-hybridized carbons (Fsp3) is 0.115. The highest BCUT2D eigenvalue weighted by Gasteiger charge is 2.09. The molecule has 1 aromatic heterocycles. The fourth-order valence-electron chi connectivity index (χ4n) is 3.29. The number of nitrogens with zero attached hydrogens (tertiary/aromatic N) is 2. The monoisotopic (exact) mass is 398 g/mol. The number of hydrogen-bond acceptors (Lipinski definition) is 2. The molecule has 2 nitrogen and oxygen atoms in total. The van der Waals surface area contributed by atoms with Crippen molar-refractivity contribution < 1.29 is 0 Å². The molecule has 29 heavy (non-hydrogen) atoms. The van der Waals surface area contributed by atoms with Gasteiger partial charge in [-0.15, -0.1) is 0 Å². The van der Waals surface area contributed by atoms with Gasteiger partial charge < -0.3 is 4.90 Å². The average molecular weight is 399 g/mol. The van der Waals surface area contributed by atoms with E-state index < -0.39 is 0 Å². The van der Waals surface area contributed by atoms with Crippen LogP contribution in [-0.2, 0) is 0 Å². The third-order valence-corrected chi connectivity index (χ3v) is 5.28. The Hall–Kier alpha value is -3.10. The van der Waals surface area contributed by atoms with Gasteiger partial charge in [0.15, 0.2) is 0 Å². The van der Waals surface area contributed by atoms with Gasteiger partial charge in [-0.05, 0) is 54.4 Å². The van der Waals surface area contributed by atoms with Gasteiger partial charge >= 0.3 is 0 Å². The van der Waals surface area contributed by atoms with Crippen LogP contribution in [0.25, 0.3) is 33.6 Å². The summed E-state index contributed by atoms with van der Waals surface area (Å²) in [5.74, 6) is 0. The summed E-state index contributed by atoms with van der Waals surface area (Å²) in [6.07, 6.45) is 0. The number of halogens is 1. The van der Waals surface area contributed by atoms with Gasteiger partial charge in [0, 0.05) is 35.9 Å². The summed E-state index contributed by atoms with van der Waals surface area (Å²) in [4.78, 5) is 7.06. The maximum atomic E-state index is 6.08. The Balaban J connectivity index is 1.85. The molecule has 4 aromatic rings. The van der Waals surface area contributed by atoms with E-state index in [1.165, 1.54) is 16.8 Å². The van der Waals surface area contributed by atoms with Crippen molar-refractivity contribution in [2.45, 2.75) is 6.92 Å². The van der Waals surface area contributed by atoms with Gasteiger partial charge in [0.1, 0.15) is 0 Å². The van der Waals surface area contributed by atoms with Gasteiger partial charge in [-0.2, -0.15) is 0 Å². The predicted octanol–water partition coefficient (Wildman–Crippen LogP) is 7.11. The van der Waals surface area contributed by atoms with E-state index >= 15 is 0 Å². The Morgan fingerprint density at radius 3 is 1.62 bits per heavy atom. The van der Waals surface area contributed by atoms with Crippen LogP contribution in [0.5, 0.6) is 0 Å². The quantitative estimate of drug-likeness (QED) is 0.364. The van der Waals surface area contributed by atoms with Gasteiger partial charge in [-0.3, -0.25) is 0 Å². The third-order valence-electron chi connectivity index (χ3n) is 5.03. The van der Waals surface area contributed by atoms with Gasteiger partial charge in [0.2, 0.25) is 0 Å². The lowest BCUT2D eigenvalue weighted by Crippen LogP contribution is -2.07. The molecule has 0 aliphatic heterocycles. The molecule has 0 aliphatic carbocycles. The summed E-state index contributed by atoms with van der Waals surface area (Å²) in [5.41, 5.74) is 8.79. The highest BCUT2D eigenvalue weighted by Crippen LogP contribution is 2.31. The molecule has 0 amide bonds. The van der Waals surface area contributed by atoms with Crippen molar-refractivity contribution in [3.63, 3.8) is 0 Å². The molecule has 0 aliphatic rings. The zero-order chi connectivity index (χ0) is 20.4. The van der Waals surface area contributed by atoms with Crippen LogP contribution in [0.3, 0.4) is 0 Å². The first-order chi connectivity index (χ1) is 14.0. The fourth-order valence-corrected chi connectivity index (χ4v) is 3.42. The number of hydrogen-bond donors (Lipinski definition) is 0. The number of rotatable bonds is 4. The molecule has 3 aromatic carbocycles. The predicted molar refractivity (Wildman–Crippen MR) is 125 cm³/mol. The highest BCUT2D eigenvalue weighted by atomic mass is 35.5. The zero-order valence-corrected chi connectivity index (χ0v) is 17.6. The summed E-state index contributed by atoms with van der Waals surface area (Å²) in [7, 11) is 4.10. The molecule has 3 heteroatoms. The SMILES string of the molecule is Cc1ccc(-c2cc(-c3ccc(N(C)C)cc3)cc(-c3ccc(Cl)cc3)n2)cc1. The number of pyridine rings is 1. The second-order valence-corrected chi connectivity index (χ2v) is 7.88. The molecular formula is C26H23ClN2. The van der Waals surface area contributed by atoms with Crippen molar-refractivity contribution in [2.75, 3.05) is 19.0 Å². The number of anilines is 1. The molecule has 0 radical (unpaired) electrons. The van der Waals surface area contributed by atoms with Gasteiger partial charge in [-0.1, -0.05) is 65.7 Å². The van der Waals surface area contributed by atoms with Crippen LogP contribution in [0.4, 0.5) is 5.69 Å². The number of aromatic nitrogens is 1. The second kappa shape index (κ2) is 8.10. The largest absolute Gasteiger partial charge is 0.378 e. The molecule has 0 fully saturated rings. The van der Waals surface area contributed by atoms with Crippen LogP contribution in [0.15, 0.2) is 84.9 Å². The summed E-state index contributed by atoms with van der Waals surface area (Å²) in [6.45, 7) is 2.10. The summed E-state index contributed by atoms with van der Waals surface area (Å²) in [5, 5.41) is 0.725.